The molecule has 2 N–H and O–H groups in total. The Morgan fingerprint density at radius 3 is 2.83 bits per heavy atom. The number of carbonyl (C=O) groups excluding carboxylic acids is 1. The number of nitrogens with two attached hydrogens (primary N) is 1. The van der Waals surface area contributed by atoms with Crippen molar-refractivity contribution >= 4 is 27.5 Å². The number of aromatic nitrogens is 2. The summed E-state index contributed by atoms with van der Waals surface area (Å²) in [5.74, 6) is -2.01. The summed E-state index contributed by atoms with van der Waals surface area (Å²) in [5, 5.41) is 0.101. The van der Waals surface area contributed by atoms with Gasteiger partial charge in [-0.05, 0) is 24.6 Å². The topological polar surface area (TPSA) is 106 Å². The third-order valence-corrected chi connectivity index (χ3v) is 5.67. The van der Waals surface area contributed by atoms with E-state index < -0.39 is 26.6 Å². The number of primary amides is 1. The average Bonchev–Trinajstić information content (AvgIpc) is 2.53. The van der Waals surface area contributed by atoms with Crippen LogP contribution in [0, 0.1) is 12.0 Å². The maximum absolute atomic E-state index is 14.0. The number of hydrogen-bond donors (Lipinski definition) is 1. The molecule has 1 aromatic heterocycles. The van der Waals surface area contributed by atoms with Crippen molar-refractivity contribution < 1.29 is 17.6 Å². The Kier molecular flexibility index (Phi) is 4.24. The first-order chi connectivity index (χ1) is 11.3. The molecule has 125 valence electrons. The van der Waals surface area contributed by atoms with Gasteiger partial charge in [-0.15, -0.1) is 0 Å². The molecule has 1 amide bonds. The highest BCUT2D eigenvalue weighted by Gasteiger charge is 2.31. The zero-order valence-electron chi connectivity index (χ0n) is 12.2. The van der Waals surface area contributed by atoms with Gasteiger partial charge in [-0.25, -0.2) is 22.8 Å². The van der Waals surface area contributed by atoms with Crippen LogP contribution in [-0.2, 0) is 23.0 Å². The van der Waals surface area contributed by atoms with Crippen LogP contribution in [0.25, 0.3) is 0 Å². The van der Waals surface area contributed by atoms with E-state index in [0.717, 1.165) is 16.4 Å². The summed E-state index contributed by atoms with van der Waals surface area (Å²) in [7, 11) is -4.08. The quantitative estimate of drug-likeness (QED) is 0.865. The molecule has 24 heavy (non-hydrogen) atoms. The van der Waals surface area contributed by atoms with Crippen LogP contribution in [0.3, 0.4) is 0 Å². The summed E-state index contributed by atoms with van der Waals surface area (Å²) in [5.41, 5.74) is 6.04. The van der Waals surface area contributed by atoms with Crippen molar-refractivity contribution in [2.75, 3.05) is 6.54 Å². The third-order valence-electron chi connectivity index (χ3n) is 3.56. The lowest BCUT2D eigenvalue weighted by Gasteiger charge is -2.27. The molecule has 0 spiro atoms. The standard InChI is InChI=1S/C14H11ClFN4O3S/c15-9-1-2-12(10(16)5-9)24(22,23)20-4-3-8-6-18-14(13(17)21)19-11(8)7-20/h1-2,5H,3-4,7H2,(H2,17,21). The van der Waals surface area contributed by atoms with E-state index in [4.69, 9.17) is 17.3 Å². The number of halogens is 2. The largest absolute Gasteiger partial charge is 0.363 e. The molecule has 1 aliphatic rings. The highest BCUT2D eigenvalue weighted by molar-refractivity contribution is 7.89. The summed E-state index contributed by atoms with van der Waals surface area (Å²) in [6, 6.07) is 3.35. The number of sulfonamides is 1. The molecule has 0 saturated carbocycles. The van der Waals surface area contributed by atoms with Crippen LogP contribution < -0.4 is 5.73 Å². The van der Waals surface area contributed by atoms with E-state index in [0.29, 0.717) is 17.7 Å². The highest BCUT2D eigenvalue weighted by Crippen LogP contribution is 2.26. The van der Waals surface area contributed by atoms with Gasteiger partial charge in [0.15, 0.2) is 0 Å². The van der Waals surface area contributed by atoms with E-state index in [2.05, 4.69) is 16.2 Å². The smallest absolute Gasteiger partial charge is 0.286 e. The van der Waals surface area contributed by atoms with Gasteiger partial charge in [-0.2, -0.15) is 4.31 Å². The van der Waals surface area contributed by atoms with Gasteiger partial charge < -0.3 is 5.73 Å². The number of carbonyl (C=O) groups is 1. The number of hydrogen-bond acceptors (Lipinski definition) is 5. The van der Waals surface area contributed by atoms with Crippen LogP contribution in [0.15, 0.2) is 23.1 Å². The Morgan fingerprint density at radius 2 is 2.17 bits per heavy atom. The van der Waals surface area contributed by atoms with E-state index in [1.165, 1.54) is 6.07 Å². The minimum Gasteiger partial charge on any atom is -0.363 e. The fourth-order valence-corrected chi connectivity index (χ4v) is 3.96. The van der Waals surface area contributed by atoms with Crippen LogP contribution in [0.1, 0.15) is 21.9 Å². The van der Waals surface area contributed by atoms with Crippen molar-refractivity contribution in [1.82, 2.24) is 14.3 Å². The van der Waals surface area contributed by atoms with Crippen LogP contribution in [0.5, 0.6) is 0 Å². The molecule has 1 aliphatic heterocycles. The molecule has 0 unspecified atom stereocenters. The fourth-order valence-electron chi connectivity index (χ4n) is 2.36. The zero-order chi connectivity index (χ0) is 17.5. The van der Waals surface area contributed by atoms with Crippen LogP contribution in [-0.4, -0.2) is 35.1 Å². The molecule has 2 aromatic rings. The van der Waals surface area contributed by atoms with Gasteiger partial charge in [0.25, 0.3) is 5.91 Å². The van der Waals surface area contributed by atoms with Gasteiger partial charge in [0.05, 0.1) is 18.4 Å². The molecule has 7 nitrogen and oxygen atoms in total. The molecular weight excluding hydrogens is 359 g/mol. The van der Waals surface area contributed by atoms with E-state index in [-0.39, 0.29) is 23.9 Å². The lowest BCUT2D eigenvalue weighted by atomic mass is 10.1. The Balaban J connectivity index is 1.96. The van der Waals surface area contributed by atoms with Crippen LogP contribution in [0.4, 0.5) is 4.39 Å². The third kappa shape index (κ3) is 2.97. The molecule has 0 fully saturated rings. The number of benzene rings is 1. The van der Waals surface area contributed by atoms with Gasteiger partial charge >= 0.3 is 0 Å². The Labute approximate surface area is 142 Å². The van der Waals surface area contributed by atoms with Gasteiger partial charge in [0, 0.05) is 17.1 Å². The van der Waals surface area contributed by atoms with Crippen molar-refractivity contribution in [3.63, 3.8) is 0 Å². The van der Waals surface area contributed by atoms with Gasteiger partial charge in [-0.1, -0.05) is 11.6 Å². The summed E-state index contributed by atoms with van der Waals surface area (Å²) >= 11 is 5.65. The predicted molar refractivity (Wildman–Crippen MR) is 82.1 cm³/mol. The number of amides is 1. The summed E-state index contributed by atoms with van der Waals surface area (Å²) in [6.45, 7) is -0.00773. The van der Waals surface area contributed by atoms with Crippen LogP contribution in [0.2, 0.25) is 5.02 Å². The lowest BCUT2D eigenvalue weighted by molar-refractivity contribution is 0.0989. The highest BCUT2D eigenvalue weighted by atomic mass is 35.5. The van der Waals surface area contributed by atoms with E-state index in [1.54, 1.807) is 0 Å². The van der Waals surface area contributed by atoms with Crippen LogP contribution >= 0.6 is 11.6 Å². The number of rotatable bonds is 3. The molecule has 3 rings (SSSR count). The Hall–Kier alpha value is -2.10. The average molecular weight is 370 g/mol. The maximum Gasteiger partial charge on any atom is 0.286 e. The van der Waals surface area contributed by atoms with Crippen molar-refractivity contribution in [3.8, 4) is 0 Å². The molecule has 0 atom stereocenters. The fraction of sp³-hybridized carbons (Fsp3) is 0.214. The number of nitrogens with zero attached hydrogens (tertiary/aromatic N) is 3. The van der Waals surface area contributed by atoms with Gasteiger partial charge in [-0.3, -0.25) is 4.79 Å². The second-order valence-electron chi connectivity index (χ2n) is 5.11. The van der Waals surface area contributed by atoms with E-state index in [1.807, 2.05) is 0 Å². The van der Waals surface area contributed by atoms with E-state index >= 15 is 0 Å². The Bertz CT molecular complexity index is 936. The summed E-state index contributed by atoms with van der Waals surface area (Å²) < 4.78 is 40.4. The second-order valence-corrected chi connectivity index (χ2v) is 7.45. The van der Waals surface area contributed by atoms with Gasteiger partial charge in [0.1, 0.15) is 10.7 Å². The van der Waals surface area contributed by atoms with E-state index in [9.17, 15) is 17.6 Å². The van der Waals surface area contributed by atoms with Crippen molar-refractivity contribution in [2.45, 2.75) is 17.9 Å². The van der Waals surface area contributed by atoms with Crippen molar-refractivity contribution in [3.05, 3.63) is 52.3 Å². The normalized spacial score (nSPS) is 15.1. The Morgan fingerprint density at radius 1 is 1.42 bits per heavy atom. The van der Waals surface area contributed by atoms with Crippen molar-refractivity contribution in [1.29, 1.82) is 0 Å². The minimum absolute atomic E-state index is 0.101. The summed E-state index contributed by atoms with van der Waals surface area (Å²) in [6.07, 6.45) is 2.94. The maximum atomic E-state index is 14.0. The monoisotopic (exact) mass is 369 g/mol. The molecule has 1 radical (unpaired) electrons. The predicted octanol–water partition coefficient (Wildman–Crippen LogP) is 0.915. The lowest BCUT2D eigenvalue weighted by Crippen LogP contribution is -2.37. The minimum atomic E-state index is -4.08. The SMILES string of the molecule is NC(=O)c1n[c]c2c(n1)CN(S(=O)(=O)c1ccc(Cl)cc1F)CC2. The second kappa shape index (κ2) is 6.08. The summed E-state index contributed by atoms with van der Waals surface area (Å²) in [4.78, 5) is 18.4. The first kappa shape index (κ1) is 16.7. The molecule has 0 saturated heterocycles. The molecule has 1 aromatic carbocycles. The first-order valence-electron chi connectivity index (χ1n) is 6.81. The molecule has 2 heterocycles. The number of fused-ring (bicyclic) bond motifs is 1. The molecular formula is C14H11ClFN4O3S. The van der Waals surface area contributed by atoms with Gasteiger partial charge in [0.2, 0.25) is 15.8 Å². The molecule has 0 aliphatic carbocycles. The zero-order valence-corrected chi connectivity index (χ0v) is 13.7. The van der Waals surface area contributed by atoms with Crippen molar-refractivity contribution in [2.24, 2.45) is 5.73 Å². The molecule has 0 bridgehead atoms. The molecule has 10 heteroatoms. The first-order valence-corrected chi connectivity index (χ1v) is 8.63.